The first-order valence-corrected chi connectivity index (χ1v) is 11.5. The topological polar surface area (TPSA) is 115 Å². The maximum absolute atomic E-state index is 13.0. The minimum Gasteiger partial charge on any atom is -0.464 e. The molecule has 1 atom stereocenters. The number of anilines is 2. The van der Waals surface area contributed by atoms with Gasteiger partial charge in [-0.25, -0.2) is 9.78 Å². The van der Waals surface area contributed by atoms with Crippen molar-refractivity contribution < 1.29 is 24.2 Å². The van der Waals surface area contributed by atoms with E-state index in [-0.39, 0.29) is 24.1 Å². The number of hydrogen-bond donors (Lipinski definition) is 3. The molecule has 0 fully saturated rings. The van der Waals surface area contributed by atoms with Crippen LogP contribution >= 0.6 is 0 Å². The summed E-state index contributed by atoms with van der Waals surface area (Å²) in [5, 5.41) is 17.0. The van der Waals surface area contributed by atoms with Gasteiger partial charge < -0.3 is 29.8 Å². The number of pyridine rings is 1. The molecule has 35 heavy (non-hydrogen) atoms. The summed E-state index contributed by atoms with van der Waals surface area (Å²) in [7, 11) is 2.88. The van der Waals surface area contributed by atoms with Crippen molar-refractivity contribution in [1.29, 1.82) is 0 Å². The fraction of sp³-hybridized carbons (Fsp3) is 0.423. The van der Waals surface area contributed by atoms with Crippen LogP contribution in [0.15, 0.2) is 42.6 Å². The third-order valence-corrected chi connectivity index (χ3v) is 5.49. The highest BCUT2D eigenvalue weighted by atomic mass is 16.5. The van der Waals surface area contributed by atoms with Crippen LogP contribution in [0.4, 0.5) is 11.4 Å². The number of esters is 1. The Balaban J connectivity index is 2.05. The Hall–Kier alpha value is -3.43. The number of aromatic nitrogens is 2. The van der Waals surface area contributed by atoms with E-state index in [1.807, 2.05) is 43.3 Å². The summed E-state index contributed by atoms with van der Waals surface area (Å²) in [5.41, 5.74) is 1.80. The number of carbonyl (C=O) groups excluding carboxylic acids is 2. The Bertz CT molecular complexity index is 1170. The number of hydrogen-bond acceptors (Lipinski definition) is 7. The molecule has 3 N–H and O–H groups in total. The Morgan fingerprint density at radius 3 is 2.54 bits per heavy atom. The van der Waals surface area contributed by atoms with Gasteiger partial charge in [-0.05, 0) is 38.8 Å². The minimum absolute atomic E-state index is 0.0407. The SMILES string of the molecule is COCCn1c(C(=O)OC)c(NC(=O)Cc2ccccc2)c2cc(NC(C)CC(C)(C)O)cnc21. The first-order valence-electron chi connectivity index (χ1n) is 11.5. The Morgan fingerprint density at radius 2 is 1.91 bits per heavy atom. The number of nitrogens with zero attached hydrogens (tertiary/aromatic N) is 2. The molecule has 0 aliphatic carbocycles. The Labute approximate surface area is 205 Å². The minimum atomic E-state index is -0.831. The fourth-order valence-electron chi connectivity index (χ4n) is 4.19. The first kappa shape index (κ1) is 26.2. The molecular weight excluding hydrogens is 448 g/mol. The number of fused-ring (bicyclic) bond motifs is 1. The van der Waals surface area contributed by atoms with Crippen LogP contribution in [0, 0.1) is 0 Å². The zero-order chi connectivity index (χ0) is 25.6. The second-order valence-corrected chi connectivity index (χ2v) is 9.23. The predicted octanol–water partition coefficient (Wildman–Crippen LogP) is 3.61. The van der Waals surface area contributed by atoms with Crippen LogP contribution < -0.4 is 10.6 Å². The summed E-state index contributed by atoms with van der Waals surface area (Å²) in [5.74, 6) is -0.847. The number of aliphatic hydroxyl groups is 1. The molecule has 3 aromatic rings. The van der Waals surface area contributed by atoms with Crippen LogP contribution in [0.3, 0.4) is 0 Å². The summed E-state index contributed by atoms with van der Waals surface area (Å²) in [6.07, 6.45) is 2.34. The molecule has 188 valence electrons. The summed E-state index contributed by atoms with van der Waals surface area (Å²) < 4.78 is 12.0. The number of benzene rings is 1. The lowest BCUT2D eigenvalue weighted by molar-refractivity contribution is -0.115. The van der Waals surface area contributed by atoms with E-state index in [4.69, 9.17) is 9.47 Å². The second kappa shape index (κ2) is 11.3. The van der Waals surface area contributed by atoms with Crippen LogP contribution in [0.25, 0.3) is 11.0 Å². The summed E-state index contributed by atoms with van der Waals surface area (Å²) in [4.78, 5) is 30.4. The summed E-state index contributed by atoms with van der Waals surface area (Å²) in [6, 6.07) is 11.2. The van der Waals surface area contributed by atoms with Gasteiger partial charge in [-0.15, -0.1) is 0 Å². The molecule has 1 aromatic carbocycles. The number of rotatable bonds is 11. The van der Waals surface area contributed by atoms with Crippen LogP contribution in [-0.4, -0.2) is 59.0 Å². The highest BCUT2D eigenvalue weighted by molar-refractivity contribution is 6.11. The molecule has 0 saturated carbocycles. The van der Waals surface area contributed by atoms with E-state index in [0.29, 0.717) is 42.0 Å². The van der Waals surface area contributed by atoms with E-state index >= 15 is 0 Å². The molecule has 3 rings (SSSR count). The molecule has 9 nitrogen and oxygen atoms in total. The van der Waals surface area contributed by atoms with Crippen molar-refractivity contribution in [2.75, 3.05) is 31.5 Å². The van der Waals surface area contributed by atoms with Crippen LogP contribution in [0.5, 0.6) is 0 Å². The lowest BCUT2D eigenvalue weighted by Crippen LogP contribution is -2.29. The Kier molecular flexibility index (Phi) is 8.48. The first-order chi connectivity index (χ1) is 16.6. The predicted molar refractivity (Wildman–Crippen MR) is 136 cm³/mol. The van der Waals surface area contributed by atoms with Gasteiger partial charge in [0.2, 0.25) is 5.91 Å². The largest absolute Gasteiger partial charge is 0.464 e. The van der Waals surface area contributed by atoms with E-state index in [0.717, 1.165) is 5.56 Å². The average Bonchev–Trinajstić information content (AvgIpc) is 3.08. The third-order valence-electron chi connectivity index (χ3n) is 5.49. The van der Waals surface area contributed by atoms with Gasteiger partial charge in [-0.1, -0.05) is 30.3 Å². The maximum Gasteiger partial charge on any atom is 0.356 e. The zero-order valence-electron chi connectivity index (χ0n) is 20.9. The van der Waals surface area contributed by atoms with Crippen molar-refractivity contribution in [3.05, 3.63) is 53.9 Å². The van der Waals surface area contributed by atoms with Crippen LogP contribution in [0.2, 0.25) is 0 Å². The van der Waals surface area contributed by atoms with Gasteiger partial charge in [0, 0.05) is 25.1 Å². The molecule has 1 amide bonds. The highest BCUT2D eigenvalue weighted by Crippen LogP contribution is 2.33. The number of carbonyl (C=O) groups is 2. The smallest absolute Gasteiger partial charge is 0.356 e. The molecule has 0 bridgehead atoms. The zero-order valence-corrected chi connectivity index (χ0v) is 20.9. The quantitative estimate of drug-likeness (QED) is 0.358. The van der Waals surface area contributed by atoms with Gasteiger partial charge in [0.1, 0.15) is 5.65 Å². The van der Waals surface area contributed by atoms with E-state index in [1.165, 1.54) is 7.11 Å². The van der Waals surface area contributed by atoms with E-state index < -0.39 is 11.6 Å². The molecule has 0 aliphatic heterocycles. The molecule has 2 aromatic heterocycles. The number of amides is 1. The second-order valence-electron chi connectivity index (χ2n) is 9.23. The molecule has 0 saturated heterocycles. The van der Waals surface area contributed by atoms with Crippen molar-refractivity contribution in [1.82, 2.24) is 9.55 Å². The van der Waals surface area contributed by atoms with Gasteiger partial charge in [-0.2, -0.15) is 0 Å². The monoisotopic (exact) mass is 482 g/mol. The van der Waals surface area contributed by atoms with E-state index in [9.17, 15) is 14.7 Å². The van der Waals surface area contributed by atoms with Gasteiger partial charge in [-0.3, -0.25) is 4.79 Å². The average molecular weight is 483 g/mol. The lowest BCUT2D eigenvalue weighted by Gasteiger charge is -2.23. The maximum atomic E-state index is 13.0. The standard InChI is InChI=1S/C26H34N4O5/c1-17(15-26(2,3)33)28-19-14-20-22(29-21(31)13-18-9-7-6-8-10-18)23(25(32)35-5)30(11-12-34-4)24(20)27-16-19/h6-10,14,16-17,28,33H,11-13,15H2,1-5H3,(H,29,31). The van der Waals surface area contributed by atoms with Gasteiger partial charge in [0.15, 0.2) is 5.69 Å². The third kappa shape index (κ3) is 6.80. The van der Waals surface area contributed by atoms with E-state index in [1.54, 1.807) is 31.7 Å². The Morgan fingerprint density at radius 1 is 1.20 bits per heavy atom. The number of ether oxygens (including phenoxy) is 2. The van der Waals surface area contributed by atoms with Gasteiger partial charge >= 0.3 is 5.97 Å². The number of methoxy groups -OCH3 is 2. The molecule has 1 unspecified atom stereocenters. The van der Waals surface area contributed by atoms with Crippen molar-refractivity contribution in [2.24, 2.45) is 0 Å². The molecule has 9 heteroatoms. The van der Waals surface area contributed by atoms with Crippen LogP contribution in [0.1, 0.15) is 43.2 Å². The molecular formula is C26H34N4O5. The summed E-state index contributed by atoms with van der Waals surface area (Å²) in [6.45, 7) is 6.17. The molecule has 2 heterocycles. The molecule has 0 spiro atoms. The molecule has 0 aliphatic rings. The van der Waals surface area contributed by atoms with Gasteiger partial charge in [0.05, 0.1) is 43.3 Å². The van der Waals surface area contributed by atoms with Crippen molar-refractivity contribution in [3.8, 4) is 0 Å². The lowest BCUT2D eigenvalue weighted by atomic mass is 10.0. The van der Waals surface area contributed by atoms with E-state index in [2.05, 4.69) is 15.6 Å². The molecule has 0 radical (unpaired) electrons. The van der Waals surface area contributed by atoms with Crippen LogP contribution in [-0.2, 0) is 27.2 Å². The number of nitrogens with one attached hydrogen (secondary N) is 2. The van der Waals surface area contributed by atoms with Crippen molar-refractivity contribution >= 4 is 34.3 Å². The highest BCUT2D eigenvalue weighted by Gasteiger charge is 2.26. The van der Waals surface area contributed by atoms with Gasteiger partial charge in [0.25, 0.3) is 0 Å². The van der Waals surface area contributed by atoms with Crippen molar-refractivity contribution in [2.45, 2.75) is 51.8 Å². The summed E-state index contributed by atoms with van der Waals surface area (Å²) >= 11 is 0. The normalized spacial score (nSPS) is 12.4. The van der Waals surface area contributed by atoms with Crippen molar-refractivity contribution in [3.63, 3.8) is 0 Å². The fourth-order valence-corrected chi connectivity index (χ4v) is 4.19.